The minimum atomic E-state index is -4.49. The van der Waals surface area contributed by atoms with E-state index in [4.69, 9.17) is 0 Å². The molecule has 0 bridgehead atoms. The van der Waals surface area contributed by atoms with E-state index < -0.39 is 11.9 Å². The van der Waals surface area contributed by atoms with Crippen LogP contribution in [0.1, 0.15) is 25.5 Å². The first-order valence-electron chi connectivity index (χ1n) is 8.52. The number of carbonyl (C=O) groups is 1. The third kappa shape index (κ3) is 3.99. The van der Waals surface area contributed by atoms with E-state index in [1.807, 2.05) is 6.92 Å². The summed E-state index contributed by atoms with van der Waals surface area (Å²) in [5, 5.41) is 0.413. The Balaban J connectivity index is 1.69. The third-order valence-electron chi connectivity index (χ3n) is 4.59. The highest BCUT2D eigenvalue weighted by Crippen LogP contribution is 2.33. The Kier molecular flexibility index (Phi) is 5.19. The molecule has 2 unspecified atom stereocenters. The van der Waals surface area contributed by atoms with Gasteiger partial charge in [0.1, 0.15) is 11.3 Å². The van der Waals surface area contributed by atoms with Gasteiger partial charge in [-0.05, 0) is 31.5 Å². The Morgan fingerprint density at radius 3 is 2.85 bits per heavy atom. The van der Waals surface area contributed by atoms with E-state index in [1.165, 1.54) is 6.20 Å². The van der Waals surface area contributed by atoms with Crippen molar-refractivity contribution in [3.63, 3.8) is 0 Å². The standard InChI is InChI=1S/C17H22F3N5O/c1-11-8-13(23-22-11)10-24(2)15(26)5-7-25-14(17(18,19)20)9-12-4-3-6-21-16(12)25/h3-4,6,9,11,13,22-23H,5,7-8,10H2,1-2H3. The third-order valence-corrected chi connectivity index (χ3v) is 4.59. The second kappa shape index (κ2) is 7.24. The lowest BCUT2D eigenvalue weighted by Crippen LogP contribution is -2.41. The van der Waals surface area contributed by atoms with Gasteiger partial charge in [0.15, 0.2) is 0 Å². The predicted octanol–water partition coefficient (Wildman–Crippen LogP) is 2.16. The summed E-state index contributed by atoms with van der Waals surface area (Å²) in [6.07, 6.45) is -2.17. The first kappa shape index (κ1) is 18.7. The number of likely N-dealkylation sites (N-methyl/N-ethyl adjacent to an activating group) is 1. The van der Waals surface area contributed by atoms with Gasteiger partial charge < -0.3 is 9.47 Å². The van der Waals surface area contributed by atoms with Gasteiger partial charge in [0.2, 0.25) is 5.91 Å². The molecule has 1 saturated heterocycles. The number of carbonyl (C=O) groups excluding carboxylic acids is 1. The van der Waals surface area contributed by atoms with Crippen LogP contribution in [0, 0.1) is 0 Å². The summed E-state index contributed by atoms with van der Waals surface area (Å²) >= 11 is 0. The van der Waals surface area contributed by atoms with Crippen LogP contribution in [0.4, 0.5) is 13.2 Å². The summed E-state index contributed by atoms with van der Waals surface area (Å²) < 4.78 is 41.0. The normalized spacial score (nSPS) is 20.7. The quantitative estimate of drug-likeness (QED) is 0.848. The smallest absolute Gasteiger partial charge is 0.344 e. The molecule has 0 aliphatic carbocycles. The number of nitrogens with one attached hydrogen (secondary N) is 2. The Morgan fingerprint density at radius 2 is 2.19 bits per heavy atom. The van der Waals surface area contributed by atoms with Crippen molar-refractivity contribution in [3.8, 4) is 0 Å². The molecule has 6 nitrogen and oxygen atoms in total. The largest absolute Gasteiger partial charge is 0.431 e. The minimum absolute atomic E-state index is 0.0182. The van der Waals surface area contributed by atoms with E-state index in [9.17, 15) is 18.0 Å². The van der Waals surface area contributed by atoms with E-state index in [0.717, 1.165) is 17.1 Å². The number of aryl methyl sites for hydroxylation is 1. The molecule has 3 heterocycles. The molecule has 2 aromatic rings. The van der Waals surface area contributed by atoms with Crippen LogP contribution in [0.2, 0.25) is 0 Å². The average molecular weight is 369 g/mol. The molecule has 0 spiro atoms. The number of hydrogen-bond donors (Lipinski definition) is 2. The molecule has 0 saturated carbocycles. The van der Waals surface area contributed by atoms with Crippen molar-refractivity contribution in [2.75, 3.05) is 13.6 Å². The number of fused-ring (bicyclic) bond motifs is 1. The summed E-state index contributed by atoms with van der Waals surface area (Å²) in [4.78, 5) is 18.0. The molecular formula is C17H22F3N5O. The molecule has 0 aromatic carbocycles. The summed E-state index contributed by atoms with van der Waals surface area (Å²) in [6, 6.07) is 4.72. The van der Waals surface area contributed by atoms with Gasteiger partial charge in [0.25, 0.3) is 0 Å². The average Bonchev–Trinajstić information content (AvgIpc) is 3.15. The van der Waals surface area contributed by atoms with Gasteiger partial charge in [0, 0.05) is 50.2 Å². The molecule has 1 fully saturated rings. The zero-order valence-corrected chi connectivity index (χ0v) is 14.7. The van der Waals surface area contributed by atoms with Gasteiger partial charge >= 0.3 is 6.18 Å². The number of amides is 1. The van der Waals surface area contributed by atoms with Gasteiger partial charge in [0.05, 0.1) is 0 Å². The van der Waals surface area contributed by atoms with Gasteiger partial charge in [-0.1, -0.05) is 0 Å². The number of alkyl halides is 3. The molecule has 2 N–H and O–H groups in total. The van der Waals surface area contributed by atoms with E-state index in [2.05, 4.69) is 15.8 Å². The molecule has 9 heteroatoms. The van der Waals surface area contributed by atoms with Crippen molar-refractivity contribution < 1.29 is 18.0 Å². The zero-order chi connectivity index (χ0) is 18.9. The van der Waals surface area contributed by atoms with Crippen LogP contribution in [0.25, 0.3) is 11.0 Å². The molecule has 142 valence electrons. The van der Waals surface area contributed by atoms with Crippen LogP contribution in [0.5, 0.6) is 0 Å². The molecule has 1 aliphatic rings. The first-order chi connectivity index (χ1) is 12.3. The lowest BCUT2D eigenvalue weighted by Gasteiger charge is -2.21. The van der Waals surface area contributed by atoms with E-state index in [1.54, 1.807) is 24.1 Å². The first-order valence-corrected chi connectivity index (χ1v) is 8.52. The van der Waals surface area contributed by atoms with Crippen LogP contribution in [-0.2, 0) is 17.5 Å². The fourth-order valence-electron chi connectivity index (χ4n) is 3.30. The lowest BCUT2D eigenvalue weighted by atomic mass is 10.1. The van der Waals surface area contributed by atoms with Gasteiger partial charge in [-0.2, -0.15) is 13.2 Å². The number of aromatic nitrogens is 2. The van der Waals surface area contributed by atoms with E-state index in [-0.39, 0.29) is 30.6 Å². The molecule has 1 amide bonds. The maximum absolute atomic E-state index is 13.3. The lowest BCUT2D eigenvalue weighted by molar-refractivity contribution is -0.144. The maximum atomic E-state index is 13.3. The Morgan fingerprint density at radius 1 is 1.42 bits per heavy atom. The second-order valence-corrected chi connectivity index (χ2v) is 6.74. The fraction of sp³-hybridized carbons (Fsp3) is 0.529. The number of halogens is 3. The van der Waals surface area contributed by atoms with Crippen LogP contribution < -0.4 is 10.9 Å². The van der Waals surface area contributed by atoms with Crippen molar-refractivity contribution in [3.05, 3.63) is 30.1 Å². The van der Waals surface area contributed by atoms with Crippen LogP contribution in [-0.4, -0.2) is 46.0 Å². The molecule has 3 rings (SSSR count). The van der Waals surface area contributed by atoms with Gasteiger partial charge in [-0.15, -0.1) is 0 Å². The number of pyridine rings is 1. The monoisotopic (exact) mass is 369 g/mol. The number of rotatable bonds is 5. The Labute approximate surface area is 149 Å². The highest BCUT2D eigenvalue weighted by Gasteiger charge is 2.35. The highest BCUT2D eigenvalue weighted by molar-refractivity contribution is 5.79. The van der Waals surface area contributed by atoms with Crippen LogP contribution in [0.15, 0.2) is 24.4 Å². The van der Waals surface area contributed by atoms with Crippen molar-refractivity contribution >= 4 is 16.9 Å². The van der Waals surface area contributed by atoms with Gasteiger partial charge in [-0.3, -0.25) is 15.6 Å². The summed E-state index contributed by atoms with van der Waals surface area (Å²) in [6.45, 7) is 2.48. The summed E-state index contributed by atoms with van der Waals surface area (Å²) in [7, 11) is 1.67. The molecule has 2 aromatic heterocycles. The van der Waals surface area contributed by atoms with Crippen LogP contribution >= 0.6 is 0 Å². The number of nitrogens with zero attached hydrogens (tertiary/aromatic N) is 3. The SMILES string of the molecule is CC1CC(CN(C)C(=O)CCn2c(C(F)(F)F)cc3cccnc32)NN1. The minimum Gasteiger partial charge on any atom is -0.344 e. The van der Waals surface area contributed by atoms with Gasteiger partial charge in [-0.25, -0.2) is 4.98 Å². The Hall–Kier alpha value is -2.13. The molecular weight excluding hydrogens is 347 g/mol. The summed E-state index contributed by atoms with van der Waals surface area (Å²) in [5.74, 6) is -0.197. The maximum Gasteiger partial charge on any atom is 0.431 e. The second-order valence-electron chi connectivity index (χ2n) is 6.74. The summed E-state index contributed by atoms with van der Waals surface area (Å²) in [5.41, 5.74) is 5.66. The van der Waals surface area contributed by atoms with Crippen molar-refractivity contribution in [2.24, 2.45) is 0 Å². The van der Waals surface area contributed by atoms with Crippen LogP contribution in [0.3, 0.4) is 0 Å². The number of hydrazine groups is 1. The molecule has 1 aliphatic heterocycles. The Bertz CT molecular complexity index is 788. The van der Waals surface area contributed by atoms with E-state index in [0.29, 0.717) is 18.0 Å². The highest BCUT2D eigenvalue weighted by atomic mass is 19.4. The fourth-order valence-corrected chi connectivity index (χ4v) is 3.30. The van der Waals surface area contributed by atoms with Crippen molar-refractivity contribution in [1.82, 2.24) is 25.3 Å². The van der Waals surface area contributed by atoms with Crippen molar-refractivity contribution in [1.29, 1.82) is 0 Å². The molecule has 26 heavy (non-hydrogen) atoms. The topological polar surface area (TPSA) is 62.2 Å². The van der Waals surface area contributed by atoms with E-state index >= 15 is 0 Å². The molecule has 0 radical (unpaired) electrons. The predicted molar refractivity (Wildman–Crippen MR) is 91.1 cm³/mol. The van der Waals surface area contributed by atoms with Crippen molar-refractivity contribution in [2.45, 2.75) is 44.6 Å². The molecule has 2 atom stereocenters. The zero-order valence-electron chi connectivity index (χ0n) is 14.7. The number of hydrogen-bond acceptors (Lipinski definition) is 4.